The number of hydrogen-bond donors (Lipinski definition) is 2. The molecular formula is C20H35N5O. The molecule has 1 aromatic carbocycles. The molecule has 1 aliphatic heterocycles. The van der Waals surface area contributed by atoms with E-state index in [0.29, 0.717) is 0 Å². The summed E-state index contributed by atoms with van der Waals surface area (Å²) in [5, 5.41) is 6.73. The number of ether oxygens (including phenoxy) is 1. The highest BCUT2D eigenvalue weighted by atomic mass is 16.5. The molecule has 1 saturated heterocycles. The summed E-state index contributed by atoms with van der Waals surface area (Å²) >= 11 is 0. The number of nitrogens with one attached hydrogen (secondary N) is 2. The number of benzene rings is 1. The fourth-order valence-electron chi connectivity index (χ4n) is 3.10. The lowest BCUT2D eigenvalue weighted by atomic mass is 10.2. The molecule has 0 amide bonds. The van der Waals surface area contributed by atoms with Crippen molar-refractivity contribution < 1.29 is 4.74 Å². The van der Waals surface area contributed by atoms with Gasteiger partial charge in [-0.2, -0.15) is 0 Å². The van der Waals surface area contributed by atoms with E-state index < -0.39 is 0 Å². The van der Waals surface area contributed by atoms with Crippen molar-refractivity contribution in [3.05, 3.63) is 24.3 Å². The molecule has 0 aliphatic carbocycles. The Morgan fingerprint density at radius 3 is 2.42 bits per heavy atom. The van der Waals surface area contributed by atoms with Crippen LogP contribution in [0.4, 0.5) is 5.69 Å². The molecule has 0 unspecified atom stereocenters. The van der Waals surface area contributed by atoms with Gasteiger partial charge in [0.05, 0.1) is 7.11 Å². The van der Waals surface area contributed by atoms with E-state index in [1.54, 1.807) is 7.11 Å². The first kappa shape index (κ1) is 20.4. The lowest BCUT2D eigenvalue weighted by Gasteiger charge is -2.36. The van der Waals surface area contributed by atoms with Crippen LogP contribution in [-0.4, -0.2) is 70.3 Å². The van der Waals surface area contributed by atoms with Gasteiger partial charge in [0.25, 0.3) is 0 Å². The molecule has 6 nitrogen and oxygen atoms in total. The zero-order valence-electron chi connectivity index (χ0n) is 16.6. The molecule has 0 bridgehead atoms. The summed E-state index contributed by atoms with van der Waals surface area (Å²) in [4.78, 5) is 9.54. The SMILES string of the molecule is CCCN=C(NCC)NCCCN1CCN(c2ccc(OC)cc2)CC1. The van der Waals surface area contributed by atoms with Crippen molar-refractivity contribution in [1.82, 2.24) is 15.5 Å². The summed E-state index contributed by atoms with van der Waals surface area (Å²) < 4.78 is 5.24. The zero-order valence-corrected chi connectivity index (χ0v) is 16.6. The summed E-state index contributed by atoms with van der Waals surface area (Å²) in [6.45, 7) is 12.5. The minimum atomic E-state index is 0.878. The predicted molar refractivity (Wildman–Crippen MR) is 111 cm³/mol. The van der Waals surface area contributed by atoms with Gasteiger partial charge in [-0.25, -0.2) is 0 Å². The molecule has 1 aliphatic rings. The Balaban J connectivity index is 1.65. The summed E-state index contributed by atoms with van der Waals surface area (Å²) in [6, 6.07) is 8.37. The van der Waals surface area contributed by atoms with Crippen LogP contribution in [0.5, 0.6) is 5.75 Å². The first-order chi connectivity index (χ1) is 12.8. The lowest BCUT2D eigenvalue weighted by molar-refractivity contribution is 0.255. The van der Waals surface area contributed by atoms with Gasteiger partial charge in [0.2, 0.25) is 0 Å². The van der Waals surface area contributed by atoms with Crippen molar-refractivity contribution in [3.8, 4) is 5.75 Å². The minimum absolute atomic E-state index is 0.878. The predicted octanol–water partition coefficient (Wildman–Crippen LogP) is 2.17. The first-order valence-corrected chi connectivity index (χ1v) is 9.90. The normalized spacial score (nSPS) is 15.8. The van der Waals surface area contributed by atoms with Crippen molar-refractivity contribution in [2.75, 3.05) is 64.4 Å². The molecule has 0 spiro atoms. The van der Waals surface area contributed by atoms with E-state index in [1.807, 2.05) is 12.1 Å². The largest absolute Gasteiger partial charge is 0.497 e. The minimum Gasteiger partial charge on any atom is -0.497 e. The Hall–Kier alpha value is -1.95. The third-order valence-corrected chi connectivity index (χ3v) is 4.59. The molecule has 2 N–H and O–H groups in total. The Labute approximate surface area is 158 Å². The molecule has 146 valence electrons. The van der Waals surface area contributed by atoms with Gasteiger partial charge in [-0.15, -0.1) is 0 Å². The van der Waals surface area contributed by atoms with Gasteiger partial charge < -0.3 is 20.3 Å². The van der Waals surface area contributed by atoms with Gasteiger partial charge in [-0.05, 0) is 50.6 Å². The van der Waals surface area contributed by atoms with Crippen LogP contribution in [0.1, 0.15) is 26.7 Å². The summed E-state index contributed by atoms with van der Waals surface area (Å²) in [7, 11) is 1.71. The Kier molecular flexibility index (Phi) is 9.10. The first-order valence-electron chi connectivity index (χ1n) is 9.90. The highest BCUT2D eigenvalue weighted by molar-refractivity contribution is 5.79. The van der Waals surface area contributed by atoms with Gasteiger partial charge in [0.1, 0.15) is 5.75 Å². The van der Waals surface area contributed by atoms with Crippen molar-refractivity contribution in [1.29, 1.82) is 0 Å². The van der Waals surface area contributed by atoms with Crippen LogP contribution in [0, 0.1) is 0 Å². The quantitative estimate of drug-likeness (QED) is 0.401. The highest BCUT2D eigenvalue weighted by Crippen LogP contribution is 2.20. The molecule has 1 fully saturated rings. The fourth-order valence-corrected chi connectivity index (χ4v) is 3.10. The fraction of sp³-hybridized carbons (Fsp3) is 0.650. The number of nitrogens with zero attached hydrogens (tertiary/aromatic N) is 3. The van der Waals surface area contributed by atoms with E-state index >= 15 is 0 Å². The van der Waals surface area contributed by atoms with Crippen molar-refractivity contribution in [3.63, 3.8) is 0 Å². The third-order valence-electron chi connectivity index (χ3n) is 4.59. The van der Waals surface area contributed by atoms with Gasteiger partial charge >= 0.3 is 0 Å². The van der Waals surface area contributed by atoms with Gasteiger partial charge in [0.15, 0.2) is 5.96 Å². The maximum atomic E-state index is 5.24. The lowest BCUT2D eigenvalue weighted by Crippen LogP contribution is -2.47. The summed E-state index contributed by atoms with van der Waals surface area (Å²) in [5.41, 5.74) is 1.29. The monoisotopic (exact) mass is 361 g/mol. The van der Waals surface area contributed by atoms with Crippen molar-refractivity contribution >= 4 is 11.6 Å². The van der Waals surface area contributed by atoms with E-state index in [2.05, 4.69) is 51.4 Å². The molecule has 26 heavy (non-hydrogen) atoms. The highest BCUT2D eigenvalue weighted by Gasteiger charge is 2.16. The zero-order chi connectivity index (χ0) is 18.6. The Morgan fingerprint density at radius 2 is 1.81 bits per heavy atom. The second kappa shape index (κ2) is 11.6. The van der Waals surface area contributed by atoms with E-state index in [4.69, 9.17) is 4.74 Å². The van der Waals surface area contributed by atoms with E-state index in [-0.39, 0.29) is 0 Å². The molecule has 1 aromatic rings. The number of methoxy groups -OCH3 is 1. The smallest absolute Gasteiger partial charge is 0.191 e. The molecule has 1 heterocycles. The topological polar surface area (TPSA) is 52.1 Å². The van der Waals surface area contributed by atoms with Gasteiger partial charge in [-0.3, -0.25) is 9.89 Å². The summed E-state index contributed by atoms with van der Waals surface area (Å²) in [6.07, 6.45) is 2.22. The Morgan fingerprint density at radius 1 is 1.08 bits per heavy atom. The summed E-state index contributed by atoms with van der Waals surface area (Å²) in [5.74, 6) is 1.86. The second-order valence-electron chi connectivity index (χ2n) is 6.57. The molecule has 0 saturated carbocycles. The molecule has 6 heteroatoms. The third kappa shape index (κ3) is 6.75. The number of hydrogen-bond acceptors (Lipinski definition) is 4. The van der Waals surface area contributed by atoms with Crippen LogP contribution in [-0.2, 0) is 0 Å². The Bertz CT molecular complexity index is 524. The van der Waals surface area contributed by atoms with Crippen LogP contribution >= 0.6 is 0 Å². The molecular weight excluding hydrogens is 326 g/mol. The number of aliphatic imine (C=N–C) groups is 1. The van der Waals surface area contributed by atoms with E-state index in [0.717, 1.165) is 76.9 Å². The van der Waals surface area contributed by atoms with E-state index in [9.17, 15) is 0 Å². The van der Waals surface area contributed by atoms with E-state index in [1.165, 1.54) is 5.69 Å². The number of rotatable bonds is 9. The van der Waals surface area contributed by atoms with Crippen LogP contribution in [0.25, 0.3) is 0 Å². The molecule has 2 rings (SSSR count). The number of anilines is 1. The maximum absolute atomic E-state index is 5.24. The average Bonchev–Trinajstić information content (AvgIpc) is 2.70. The standard InChI is InChI=1S/C20H35N5O/c1-4-11-22-20(21-5-2)23-12-6-13-24-14-16-25(17-15-24)18-7-9-19(26-3)10-8-18/h7-10H,4-6,11-17H2,1-3H3,(H2,21,22,23). The van der Waals surface area contributed by atoms with Crippen LogP contribution in [0.15, 0.2) is 29.3 Å². The van der Waals surface area contributed by atoms with Gasteiger partial charge in [-0.1, -0.05) is 6.92 Å². The van der Waals surface area contributed by atoms with Crippen LogP contribution < -0.4 is 20.3 Å². The van der Waals surface area contributed by atoms with Crippen LogP contribution in [0.2, 0.25) is 0 Å². The molecule has 0 aromatic heterocycles. The average molecular weight is 362 g/mol. The van der Waals surface area contributed by atoms with Gasteiger partial charge in [0, 0.05) is 51.5 Å². The second-order valence-corrected chi connectivity index (χ2v) is 6.57. The number of guanidine groups is 1. The molecule has 0 atom stereocenters. The van der Waals surface area contributed by atoms with Crippen molar-refractivity contribution in [2.24, 2.45) is 4.99 Å². The maximum Gasteiger partial charge on any atom is 0.191 e. The van der Waals surface area contributed by atoms with Crippen molar-refractivity contribution in [2.45, 2.75) is 26.7 Å². The molecule has 0 radical (unpaired) electrons. The van der Waals surface area contributed by atoms with Crippen LogP contribution in [0.3, 0.4) is 0 Å². The number of piperazine rings is 1.